The lowest BCUT2D eigenvalue weighted by molar-refractivity contribution is 0.362. The molecule has 4 fully saturated rings. The maximum absolute atomic E-state index is 12.7. The first-order valence-corrected chi connectivity index (χ1v) is 9.56. The third-order valence-corrected chi connectivity index (χ3v) is 6.78. The number of anilines is 1. The first-order chi connectivity index (χ1) is 14.2. The zero-order chi connectivity index (χ0) is 19.3. The van der Waals surface area contributed by atoms with E-state index >= 15 is 0 Å². The van der Waals surface area contributed by atoms with Gasteiger partial charge in [-0.2, -0.15) is 4.98 Å². The summed E-state index contributed by atoms with van der Waals surface area (Å²) in [6.07, 6.45) is 6.75. The van der Waals surface area contributed by atoms with E-state index < -0.39 is 0 Å². The van der Waals surface area contributed by atoms with E-state index in [2.05, 4.69) is 36.1 Å². The van der Waals surface area contributed by atoms with Crippen LogP contribution in [0.5, 0.6) is 0 Å². The van der Waals surface area contributed by atoms with Gasteiger partial charge in [-0.15, -0.1) is 0 Å². The van der Waals surface area contributed by atoms with Crippen molar-refractivity contribution in [3.63, 3.8) is 0 Å². The third kappa shape index (κ3) is 1.77. The van der Waals surface area contributed by atoms with E-state index in [1.165, 1.54) is 10.9 Å². The quantitative estimate of drug-likeness (QED) is 0.493. The van der Waals surface area contributed by atoms with Gasteiger partial charge in [-0.25, -0.2) is 9.97 Å². The van der Waals surface area contributed by atoms with Gasteiger partial charge in [-0.05, 0) is 18.1 Å². The Labute approximate surface area is 163 Å². The summed E-state index contributed by atoms with van der Waals surface area (Å²) < 4.78 is 8.65. The number of hydrogen-bond acceptors (Lipinski definition) is 8. The Morgan fingerprint density at radius 2 is 2.21 bits per heavy atom. The number of nitrogens with zero attached hydrogens (tertiary/aromatic N) is 8. The molecule has 10 heteroatoms. The molecule has 2 aliphatic heterocycles. The molecule has 0 aromatic carbocycles. The molecular formula is C19H16N8O2. The van der Waals surface area contributed by atoms with Crippen molar-refractivity contribution >= 4 is 16.9 Å². The van der Waals surface area contributed by atoms with Crippen LogP contribution in [0.15, 0.2) is 46.5 Å². The summed E-state index contributed by atoms with van der Waals surface area (Å²) in [6, 6.07) is 4.48. The molecule has 2 bridgehead atoms. The van der Waals surface area contributed by atoms with Gasteiger partial charge < -0.3 is 14.0 Å². The summed E-state index contributed by atoms with van der Waals surface area (Å²) >= 11 is 0. The fourth-order valence-electron chi connectivity index (χ4n) is 5.35. The lowest BCUT2D eigenvalue weighted by Gasteiger charge is -2.17. The van der Waals surface area contributed by atoms with Gasteiger partial charge >= 0.3 is 0 Å². The highest BCUT2D eigenvalue weighted by Crippen LogP contribution is 2.85. The summed E-state index contributed by atoms with van der Waals surface area (Å²) in [5.41, 5.74) is 1.89. The molecule has 144 valence electrons. The first kappa shape index (κ1) is 15.4. The Kier molecular flexibility index (Phi) is 2.59. The van der Waals surface area contributed by atoms with Crippen LogP contribution < -0.4 is 10.5 Å². The normalized spacial score (nSPS) is 28.7. The minimum Gasteiger partial charge on any atom is -0.366 e. The Hall–Kier alpha value is -3.56. The van der Waals surface area contributed by atoms with Gasteiger partial charge in [0.1, 0.15) is 12.9 Å². The van der Waals surface area contributed by atoms with Gasteiger partial charge in [-0.1, -0.05) is 5.16 Å². The number of aryl methyl sites for hydroxylation is 1. The molecule has 4 aliphatic rings. The molecule has 2 saturated heterocycles. The highest BCUT2D eigenvalue weighted by atomic mass is 16.5. The number of pyridine rings is 1. The van der Waals surface area contributed by atoms with Gasteiger partial charge in [0.15, 0.2) is 17.0 Å². The van der Waals surface area contributed by atoms with Crippen molar-refractivity contribution in [2.24, 2.45) is 18.9 Å². The van der Waals surface area contributed by atoms with Crippen molar-refractivity contribution in [2.75, 3.05) is 11.4 Å². The molecule has 29 heavy (non-hydrogen) atoms. The topological polar surface area (TPSA) is 108 Å². The molecule has 0 N–H and O–H groups in total. The molecular weight excluding hydrogens is 372 g/mol. The zero-order valence-corrected chi connectivity index (χ0v) is 15.5. The van der Waals surface area contributed by atoms with Crippen LogP contribution in [0.1, 0.15) is 11.7 Å². The number of rotatable bonds is 4. The van der Waals surface area contributed by atoms with Crippen molar-refractivity contribution in [3.8, 4) is 0 Å². The lowest BCUT2D eigenvalue weighted by atomic mass is 10.1. The summed E-state index contributed by atoms with van der Waals surface area (Å²) in [5, 5.41) is 4.27. The van der Waals surface area contributed by atoms with E-state index in [0.717, 1.165) is 18.1 Å². The van der Waals surface area contributed by atoms with Crippen LogP contribution in [0, 0.1) is 11.8 Å². The molecule has 0 spiro atoms. The number of fused-ring (bicyclic) bond motifs is 2. The van der Waals surface area contributed by atoms with Crippen LogP contribution >= 0.6 is 0 Å². The molecule has 0 amide bonds. The second kappa shape index (κ2) is 4.88. The van der Waals surface area contributed by atoms with Crippen molar-refractivity contribution in [1.82, 2.24) is 34.2 Å². The highest BCUT2D eigenvalue weighted by molar-refractivity contribution is 5.69. The summed E-state index contributed by atoms with van der Waals surface area (Å²) in [6.45, 7) is 1.20. The fraction of sp³-hybridized carbons (Fsp3) is 0.368. The molecule has 4 aromatic rings. The average Bonchev–Trinajstić information content (AvgIpc) is 3.20. The van der Waals surface area contributed by atoms with E-state index in [1.807, 2.05) is 12.3 Å². The fourth-order valence-corrected chi connectivity index (χ4v) is 5.35. The number of aromatic nitrogens is 7. The standard InChI is InChI=1S/C19H16N8O2/c1-25-8-21-16-14(25)17(28)26(9-22-16)7-12-23-18(24-29-12)19-11-6-27(15(19)13(11)19)10-3-2-4-20-5-10/h2-5,8-9,11,13,15H,6-7H2,1H3/t11-,13-,15?,19-/m1/s1. The highest BCUT2D eigenvalue weighted by Gasteiger charge is 2.95. The molecule has 2 saturated carbocycles. The number of piperidine rings is 1. The molecule has 4 aromatic heterocycles. The summed E-state index contributed by atoms with van der Waals surface area (Å²) in [5.74, 6) is 2.36. The van der Waals surface area contributed by atoms with Crippen molar-refractivity contribution < 1.29 is 4.52 Å². The molecule has 10 nitrogen and oxygen atoms in total. The molecule has 6 heterocycles. The summed E-state index contributed by atoms with van der Waals surface area (Å²) in [7, 11) is 1.77. The predicted octanol–water partition coefficient (Wildman–Crippen LogP) is 0.342. The van der Waals surface area contributed by atoms with Crippen LogP contribution in [0.25, 0.3) is 11.2 Å². The minimum absolute atomic E-state index is 0.0206. The van der Waals surface area contributed by atoms with Crippen molar-refractivity contribution in [1.29, 1.82) is 0 Å². The van der Waals surface area contributed by atoms with E-state index in [1.54, 1.807) is 24.1 Å². The number of imidazole rings is 1. The van der Waals surface area contributed by atoms with E-state index in [9.17, 15) is 4.79 Å². The van der Waals surface area contributed by atoms with Crippen LogP contribution in [0.2, 0.25) is 0 Å². The van der Waals surface area contributed by atoms with Gasteiger partial charge in [-0.3, -0.25) is 14.3 Å². The Morgan fingerprint density at radius 3 is 3.03 bits per heavy atom. The first-order valence-electron chi connectivity index (χ1n) is 9.56. The van der Waals surface area contributed by atoms with Crippen LogP contribution in [0.3, 0.4) is 0 Å². The lowest BCUT2D eigenvalue weighted by Crippen LogP contribution is -2.23. The molecule has 8 rings (SSSR count). The van der Waals surface area contributed by atoms with Crippen molar-refractivity contribution in [3.05, 3.63) is 59.2 Å². The molecule has 4 atom stereocenters. The van der Waals surface area contributed by atoms with Crippen molar-refractivity contribution in [2.45, 2.75) is 18.0 Å². The Morgan fingerprint density at radius 1 is 1.31 bits per heavy atom. The Bertz CT molecular complexity index is 1340. The third-order valence-electron chi connectivity index (χ3n) is 6.78. The molecule has 2 aliphatic carbocycles. The SMILES string of the molecule is Cn1cnc2ncn(Cc3nc([C@@]45C6[C@H]4[C@H]5CN6c4cccnc4)no3)c(=O)c21. The van der Waals surface area contributed by atoms with Gasteiger partial charge in [0, 0.05) is 31.7 Å². The van der Waals surface area contributed by atoms with Crippen LogP contribution in [-0.4, -0.2) is 46.8 Å². The minimum atomic E-state index is -0.175. The van der Waals surface area contributed by atoms with Gasteiger partial charge in [0.25, 0.3) is 5.56 Å². The zero-order valence-electron chi connectivity index (χ0n) is 15.5. The smallest absolute Gasteiger partial charge is 0.280 e. The molecule has 0 radical (unpaired) electrons. The number of hydrogen-bond donors (Lipinski definition) is 0. The van der Waals surface area contributed by atoms with E-state index in [0.29, 0.717) is 34.9 Å². The van der Waals surface area contributed by atoms with Crippen LogP contribution in [0.4, 0.5) is 5.69 Å². The van der Waals surface area contributed by atoms with E-state index in [-0.39, 0.29) is 17.5 Å². The predicted molar refractivity (Wildman–Crippen MR) is 100 cm³/mol. The molecule has 1 unspecified atom stereocenters. The second-order valence-electron chi connectivity index (χ2n) is 8.09. The second-order valence-corrected chi connectivity index (χ2v) is 8.09. The largest absolute Gasteiger partial charge is 0.366 e. The monoisotopic (exact) mass is 388 g/mol. The summed E-state index contributed by atoms with van der Waals surface area (Å²) in [4.78, 5) is 32.4. The Balaban J connectivity index is 1.17. The van der Waals surface area contributed by atoms with E-state index in [4.69, 9.17) is 4.52 Å². The maximum Gasteiger partial charge on any atom is 0.280 e. The average molecular weight is 388 g/mol. The van der Waals surface area contributed by atoms with Gasteiger partial charge in [0.05, 0.1) is 23.6 Å². The maximum atomic E-state index is 12.7. The van der Waals surface area contributed by atoms with Gasteiger partial charge in [0.2, 0.25) is 5.89 Å². The van der Waals surface area contributed by atoms with Crippen LogP contribution in [-0.2, 0) is 19.0 Å².